The van der Waals surface area contributed by atoms with Crippen LogP contribution in [0.2, 0.25) is 5.02 Å². The molecule has 1 amide bonds. The lowest BCUT2D eigenvalue weighted by molar-refractivity contribution is -0.136. The largest absolute Gasteiger partial charge is 0.495 e. The molecule has 1 aliphatic carbocycles. The maximum Gasteiger partial charge on any atom is 0.236 e. The normalized spacial score (nSPS) is 21.7. The van der Waals surface area contributed by atoms with Crippen LogP contribution in [0, 0.1) is 5.92 Å². The number of rotatable bonds is 9. The molecule has 2 fully saturated rings. The Labute approximate surface area is 252 Å². The lowest BCUT2D eigenvalue weighted by Crippen LogP contribution is -2.46. The van der Waals surface area contributed by atoms with Gasteiger partial charge < -0.3 is 25.0 Å². The molecule has 5 rings (SSSR count). The van der Waals surface area contributed by atoms with Gasteiger partial charge in [-0.2, -0.15) is 4.98 Å². The van der Waals surface area contributed by atoms with E-state index in [2.05, 4.69) is 31.6 Å². The van der Waals surface area contributed by atoms with Gasteiger partial charge >= 0.3 is 0 Å². The second kappa shape index (κ2) is 13.7. The molecule has 3 heterocycles. The molecule has 2 atom stereocenters. The lowest BCUT2D eigenvalue weighted by Gasteiger charge is -2.32. The number of primary sulfonamides is 1. The standard InChI is InChI=1S/C28H40ClN7O5S/c1-40-25-15-20-7-9-35(17-26(37)36-10-12-41-13-11-36)8-6-19(20)14-24(25)33-28-31-16-22(29)27(34-28)32-23-5-3-2-4-21(23)18-42(30,38)39/h14-16,21,23H,2-13,17-18H2,1H3,(H2,30,38,39)(H2,31,32,33,34)/t21-,23+/m0/s1. The second-order valence-electron chi connectivity index (χ2n) is 11.2. The Balaban J connectivity index is 1.28. The van der Waals surface area contributed by atoms with Crippen molar-refractivity contribution in [1.82, 2.24) is 19.8 Å². The Bertz CT molecular complexity index is 1370. The number of fused-ring (bicyclic) bond motifs is 1. The molecule has 0 radical (unpaired) electrons. The van der Waals surface area contributed by atoms with Gasteiger partial charge in [-0.25, -0.2) is 18.5 Å². The second-order valence-corrected chi connectivity index (χ2v) is 13.3. The molecular weight excluding hydrogens is 582 g/mol. The van der Waals surface area contributed by atoms with E-state index in [4.69, 9.17) is 26.2 Å². The fourth-order valence-electron chi connectivity index (χ4n) is 6.05. The molecule has 12 nitrogen and oxygen atoms in total. The van der Waals surface area contributed by atoms with Gasteiger partial charge in [0.1, 0.15) is 10.8 Å². The van der Waals surface area contributed by atoms with E-state index >= 15 is 0 Å². The highest BCUT2D eigenvalue weighted by atomic mass is 35.5. The number of morpholine rings is 1. The zero-order chi connectivity index (χ0) is 29.7. The van der Waals surface area contributed by atoms with E-state index in [9.17, 15) is 13.2 Å². The molecule has 42 heavy (non-hydrogen) atoms. The third-order valence-electron chi connectivity index (χ3n) is 8.31. The summed E-state index contributed by atoms with van der Waals surface area (Å²) in [6, 6.07) is 3.99. The zero-order valence-corrected chi connectivity index (χ0v) is 25.6. The van der Waals surface area contributed by atoms with Gasteiger partial charge in [0.25, 0.3) is 0 Å². The van der Waals surface area contributed by atoms with Crippen molar-refractivity contribution in [1.29, 1.82) is 0 Å². The van der Waals surface area contributed by atoms with Crippen LogP contribution in [0.3, 0.4) is 0 Å². The number of hydrogen-bond acceptors (Lipinski definition) is 10. The molecular formula is C28H40ClN7O5S. The number of halogens is 1. The number of amides is 1. The molecule has 4 N–H and O–H groups in total. The Kier molecular flexibility index (Phi) is 10.0. The number of carbonyl (C=O) groups excluding carboxylic acids is 1. The molecule has 0 bridgehead atoms. The fraction of sp³-hybridized carbons (Fsp3) is 0.607. The third kappa shape index (κ3) is 8.01. The van der Waals surface area contributed by atoms with E-state index in [-0.39, 0.29) is 23.6 Å². The highest BCUT2D eigenvalue weighted by Gasteiger charge is 2.29. The minimum Gasteiger partial charge on any atom is -0.495 e. The van der Waals surface area contributed by atoms with E-state index in [0.717, 1.165) is 57.3 Å². The van der Waals surface area contributed by atoms with Gasteiger partial charge in [0.15, 0.2) is 5.82 Å². The van der Waals surface area contributed by atoms with Crippen molar-refractivity contribution in [2.75, 3.05) is 69.4 Å². The van der Waals surface area contributed by atoms with Crippen molar-refractivity contribution in [2.24, 2.45) is 11.1 Å². The monoisotopic (exact) mass is 621 g/mol. The number of nitrogens with two attached hydrogens (primary N) is 1. The number of carbonyl (C=O) groups is 1. The summed E-state index contributed by atoms with van der Waals surface area (Å²) in [6.07, 6.45) is 6.65. The van der Waals surface area contributed by atoms with Gasteiger partial charge in [0, 0.05) is 32.2 Å². The Hall–Kier alpha value is -2.71. The van der Waals surface area contributed by atoms with E-state index in [1.54, 1.807) is 7.11 Å². The summed E-state index contributed by atoms with van der Waals surface area (Å²) in [5.74, 6) is 1.39. The van der Waals surface area contributed by atoms with Crippen LogP contribution in [0.5, 0.6) is 5.75 Å². The zero-order valence-electron chi connectivity index (χ0n) is 24.0. The molecule has 1 saturated heterocycles. The minimum absolute atomic E-state index is 0.0798. The van der Waals surface area contributed by atoms with E-state index in [1.807, 2.05) is 11.0 Å². The predicted octanol–water partition coefficient (Wildman–Crippen LogP) is 2.40. The van der Waals surface area contributed by atoms with Crippen molar-refractivity contribution < 1.29 is 22.7 Å². The van der Waals surface area contributed by atoms with Gasteiger partial charge in [0.2, 0.25) is 21.9 Å². The van der Waals surface area contributed by atoms with Crippen LogP contribution in [0.4, 0.5) is 17.5 Å². The Morgan fingerprint density at radius 1 is 1.14 bits per heavy atom. The molecule has 14 heteroatoms. The minimum atomic E-state index is -3.60. The highest BCUT2D eigenvalue weighted by Crippen LogP contribution is 2.34. The van der Waals surface area contributed by atoms with Crippen LogP contribution in [0.15, 0.2) is 18.3 Å². The number of nitrogens with zero attached hydrogens (tertiary/aromatic N) is 4. The first-order valence-electron chi connectivity index (χ1n) is 14.5. The van der Waals surface area contributed by atoms with Crippen molar-refractivity contribution in [3.63, 3.8) is 0 Å². The SMILES string of the molecule is COc1cc2c(cc1Nc1ncc(Cl)c(N[C@@H]3CCCC[C@H]3CS(N)(=O)=O)n1)CCN(CC(=O)N1CCOCC1)CC2. The van der Waals surface area contributed by atoms with Gasteiger partial charge in [-0.05, 0) is 54.9 Å². The number of methoxy groups -OCH3 is 1. The fourth-order valence-corrected chi connectivity index (χ4v) is 7.19. The molecule has 230 valence electrons. The summed E-state index contributed by atoms with van der Waals surface area (Å²) in [4.78, 5) is 25.9. The van der Waals surface area contributed by atoms with Crippen molar-refractivity contribution in [3.05, 3.63) is 34.5 Å². The number of sulfonamides is 1. The maximum absolute atomic E-state index is 12.8. The maximum atomic E-state index is 12.8. The molecule has 2 aliphatic heterocycles. The van der Waals surface area contributed by atoms with E-state index < -0.39 is 10.0 Å². The van der Waals surface area contributed by atoms with Crippen molar-refractivity contribution >= 4 is 45.0 Å². The van der Waals surface area contributed by atoms with Gasteiger partial charge in [-0.1, -0.05) is 24.4 Å². The Morgan fingerprint density at radius 3 is 2.57 bits per heavy atom. The number of hydrogen-bond donors (Lipinski definition) is 3. The first-order chi connectivity index (χ1) is 20.2. The molecule has 3 aliphatic rings. The summed E-state index contributed by atoms with van der Waals surface area (Å²) in [5.41, 5.74) is 3.10. The van der Waals surface area contributed by atoms with Crippen LogP contribution in [0.1, 0.15) is 36.8 Å². The predicted molar refractivity (Wildman–Crippen MR) is 162 cm³/mol. The summed E-state index contributed by atoms with van der Waals surface area (Å²) in [5, 5.41) is 12.4. The first kappa shape index (κ1) is 30.7. The number of ether oxygens (including phenoxy) is 2. The van der Waals surface area contributed by atoms with Crippen LogP contribution < -0.4 is 20.5 Å². The summed E-state index contributed by atoms with van der Waals surface area (Å²) in [7, 11) is -1.97. The summed E-state index contributed by atoms with van der Waals surface area (Å²) >= 11 is 6.45. The highest BCUT2D eigenvalue weighted by molar-refractivity contribution is 7.89. The van der Waals surface area contributed by atoms with Crippen LogP contribution in [0.25, 0.3) is 0 Å². The Morgan fingerprint density at radius 2 is 1.86 bits per heavy atom. The van der Waals surface area contributed by atoms with Gasteiger partial charge in [0.05, 0.1) is 44.5 Å². The van der Waals surface area contributed by atoms with E-state index in [1.165, 1.54) is 17.3 Å². The number of aromatic nitrogens is 2. The molecule has 1 aromatic heterocycles. The van der Waals surface area contributed by atoms with Gasteiger partial charge in [-0.15, -0.1) is 0 Å². The quantitative estimate of drug-likeness (QED) is 0.381. The average Bonchev–Trinajstić information content (AvgIpc) is 3.16. The van der Waals surface area contributed by atoms with Gasteiger partial charge in [-0.3, -0.25) is 9.69 Å². The van der Waals surface area contributed by atoms with Crippen molar-refractivity contribution in [2.45, 2.75) is 44.6 Å². The molecule has 2 aromatic rings. The summed E-state index contributed by atoms with van der Waals surface area (Å²) in [6.45, 7) is 4.48. The molecule has 0 unspecified atom stereocenters. The third-order valence-corrected chi connectivity index (χ3v) is 9.48. The van der Waals surface area contributed by atoms with Crippen LogP contribution >= 0.6 is 11.6 Å². The first-order valence-corrected chi connectivity index (χ1v) is 16.6. The summed E-state index contributed by atoms with van der Waals surface area (Å²) < 4.78 is 34.7. The van der Waals surface area contributed by atoms with E-state index in [0.29, 0.717) is 55.4 Å². The molecule has 0 spiro atoms. The molecule has 1 saturated carbocycles. The number of anilines is 3. The number of nitrogens with one attached hydrogen (secondary N) is 2. The lowest BCUT2D eigenvalue weighted by atomic mass is 9.86. The smallest absolute Gasteiger partial charge is 0.236 e. The van der Waals surface area contributed by atoms with Crippen LogP contribution in [-0.2, 0) is 32.4 Å². The average molecular weight is 622 g/mol. The van der Waals surface area contributed by atoms with Crippen LogP contribution in [-0.4, -0.2) is 98.9 Å². The van der Waals surface area contributed by atoms with Crippen molar-refractivity contribution in [3.8, 4) is 5.75 Å². The molecule has 1 aromatic carbocycles. The topological polar surface area (TPSA) is 152 Å². The number of benzene rings is 1.